The molecule has 0 unspecified atom stereocenters. The summed E-state index contributed by atoms with van der Waals surface area (Å²) in [5, 5.41) is 0. The van der Waals surface area contributed by atoms with Gasteiger partial charge in [0.1, 0.15) is 6.61 Å². The van der Waals surface area contributed by atoms with Crippen molar-refractivity contribution in [3.8, 4) is 0 Å². The van der Waals surface area contributed by atoms with Gasteiger partial charge in [-0.05, 0) is 45.4 Å². The van der Waals surface area contributed by atoms with E-state index in [2.05, 4.69) is 27.4 Å². The Morgan fingerprint density at radius 1 is 0.704 bits per heavy atom. The summed E-state index contributed by atoms with van der Waals surface area (Å²) in [6.07, 6.45) is 21.6. The van der Waals surface area contributed by atoms with Crippen molar-refractivity contribution in [2.45, 2.75) is 105 Å². The van der Waals surface area contributed by atoms with E-state index in [1.807, 2.05) is 0 Å². The Bertz CT molecular complexity index is 347. The third-order valence-electron chi connectivity index (χ3n) is 5.61. The Morgan fingerprint density at radius 3 is 1.44 bits per heavy atom. The molecule has 0 aromatic carbocycles. The van der Waals surface area contributed by atoms with Crippen molar-refractivity contribution in [1.82, 2.24) is 0 Å². The first-order valence-corrected chi connectivity index (χ1v) is 14.2. The molecule has 0 aromatic rings. The molecular weight excluding hydrogens is 351 g/mol. The summed E-state index contributed by atoms with van der Waals surface area (Å²) >= 11 is 0. The largest absolute Gasteiger partial charge is 0.458 e. The number of rotatable bonds is 19. The monoisotopic (exact) mass is 399 g/mol. The molecule has 0 spiro atoms. The fourth-order valence-electron chi connectivity index (χ4n) is 3.75. The number of hydrogen-bond acceptors (Lipinski definition) is 2. The van der Waals surface area contributed by atoms with Gasteiger partial charge in [0.15, 0.2) is 0 Å². The van der Waals surface area contributed by atoms with Crippen molar-refractivity contribution in [2.24, 2.45) is 0 Å². The van der Waals surface area contributed by atoms with Crippen molar-refractivity contribution < 1.29 is 9.53 Å². The molecule has 27 heavy (non-hydrogen) atoms. The van der Waals surface area contributed by atoms with Gasteiger partial charge in [-0.3, -0.25) is 0 Å². The molecule has 3 heteroatoms. The fourth-order valence-corrected chi connectivity index (χ4v) is 8.25. The lowest BCUT2D eigenvalue weighted by Crippen LogP contribution is -2.18. The third kappa shape index (κ3) is 14.3. The van der Waals surface area contributed by atoms with Gasteiger partial charge in [-0.2, -0.15) is 0 Å². The van der Waals surface area contributed by atoms with Crippen LogP contribution in [0.3, 0.4) is 0 Å². The molecule has 0 rings (SSSR count). The van der Waals surface area contributed by atoms with E-state index in [1.165, 1.54) is 95.5 Å². The van der Waals surface area contributed by atoms with Crippen LogP contribution in [0.15, 0.2) is 12.2 Å². The zero-order chi connectivity index (χ0) is 20.4. The quantitative estimate of drug-likeness (QED) is 0.0956. The van der Waals surface area contributed by atoms with Gasteiger partial charge in [0, 0.05) is 12.8 Å². The first-order valence-electron chi connectivity index (χ1n) is 11.7. The highest BCUT2D eigenvalue weighted by atomic mass is 31.2. The molecule has 0 aliphatic heterocycles. The van der Waals surface area contributed by atoms with Gasteiger partial charge < -0.3 is 4.74 Å². The topological polar surface area (TPSA) is 26.3 Å². The summed E-state index contributed by atoms with van der Waals surface area (Å²) in [6.45, 7) is 12.9. The third-order valence-corrected chi connectivity index (χ3v) is 10.5. The molecule has 0 radical (unpaired) electrons. The lowest BCUT2D eigenvalue weighted by Gasteiger charge is -2.28. The van der Waals surface area contributed by atoms with E-state index in [1.54, 1.807) is 6.92 Å². The van der Waals surface area contributed by atoms with Crippen molar-refractivity contribution in [3.63, 3.8) is 0 Å². The lowest BCUT2D eigenvalue weighted by atomic mass is 10.2. The van der Waals surface area contributed by atoms with Gasteiger partial charge in [0.2, 0.25) is 0 Å². The Balaban J connectivity index is 4.85. The van der Waals surface area contributed by atoms with Crippen LogP contribution in [0, 0.1) is 0 Å². The smallest absolute Gasteiger partial charge is 0.333 e. The highest BCUT2D eigenvalue weighted by Gasteiger charge is 2.35. The predicted octanol–water partition coefficient (Wildman–Crippen LogP) is 7.86. The molecule has 2 nitrogen and oxygen atoms in total. The lowest BCUT2D eigenvalue weighted by molar-refractivity contribution is -0.138. The summed E-state index contributed by atoms with van der Waals surface area (Å²) in [7, 11) is -1.01. The number of hydrogen-bond donors (Lipinski definition) is 0. The van der Waals surface area contributed by atoms with Gasteiger partial charge in [-0.1, -0.05) is 65.9 Å². The second-order valence-electron chi connectivity index (χ2n) is 8.33. The maximum absolute atomic E-state index is 11.8. The Kier molecular flexibility index (Phi) is 17.5. The van der Waals surface area contributed by atoms with Crippen molar-refractivity contribution in [1.29, 1.82) is 0 Å². The van der Waals surface area contributed by atoms with Crippen LogP contribution in [-0.2, 0) is 9.53 Å². The summed E-state index contributed by atoms with van der Waals surface area (Å²) in [4.78, 5) is 11.8. The van der Waals surface area contributed by atoms with Crippen LogP contribution in [0.2, 0.25) is 0 Å². The summed E-state index contributed by atoms with van der Waals surface area (Å²) in [5.74, 6) is -0.212. The van der Waals surface area contributed by atoms with E-state index in [-0.39, 0.29) is 5.97 Å². The van der Waals surface area contributed by atoms with Gasteiger partial charge in [-0.25, -0.2) is 4.79 Å². The maximum atomic E-state index is 11.8. The van der Waals surface area contributed by atoms with E-state index in [0.717, 1.165) is 6.16 Å². The van der Waals surface area contributed by atoms with E-state index in [4.69, 9.17) is 4.74 Å². The molecule has 0 bridgehead atoms. The first-order chi connectivity index (χ1) is 13.0. The SMILES string of the molecule is C=C(C)C(=O)OCC[P+](CCCCCC)(CCCCCC)CCCCCC. The molecule has 0 saturated heterocycles. The van der Waals surface area contributed by atoms with Gasteiger partial charge in [0.05, 0.1) is 24.6 Å². The maximum Gasteiger partial charge on any atom is 0.333 e. The summed E-state index contributed by atoms with van der Waals surface area (Å²) < 4.78 is 5.53. The average Bonchev–Trinajstić information content (AvgIpc) is 2.65. The fraction of sp³-hybridized carbons (Fsp3) is 0.875. The molecular formula is C24H48O2P+. The standard InChI is InChI=1S/C24H48O2P/c1-6-9-12-15-19-27(20-16-13-10-7-2,21-17-14-11-8-3)22-18-26-24(25)23(4)5/h4,6-22H2,1-3,5H3/q+1. The van der Waals surface area contributed by atoms with Crippen molar-refractivity contribution >= 4 is 13.2 Å². The van der Waals surface area contributed by atoms with E-state index in [0.29, 0.717) is 12.2 Å². The van der Waals surface area contributed by atoms with Crippen LogP contribution in [0.1, 0.15) is 105 Å². The Labute approximate surface area is 171 Å². The zero-order valence-corrected chi connectivity index (χ0v) is 19.9. The predicted molar refractivity (Wildman–Crippen MR) is 125 cm³/mol. The minimum Gasteiger partial charge on any atom is -0.458 e. The Morgan fingerprint density at radius 2 is 1.11 bits per heavy atom. The number of carbonyl (C=O) groups is 1. The van der Waals surface area contributed by atoms with Crippen molar-refractivity contribution in [2.75, 3.05) is 31.3 Å². The molecule has 0 atom stereocenters. The van der Waals surface area contributed by atoms with Crippen LogP contribution >= 0.6 is 7.26 Å². The minimum atomic E-state index is -1.01. The summed E-state index contributed by atoms with van der Waals surface area (Å²) in [6, 6.07) is 0. The van der Waals surface area contributed by atoms with Crippen LogP contribution in [0.4, 0.5) is 0 Å². The Hall–Kier alpha value is -0.360. The number of ether oxygens (including phenoxy) is 1. The summed E-state index contributed by atoms with van der Waals surface area (Å²) in [5.41, 5.74) is 0.521. The number of carbonyl (C=O) groups excluding carboxylic acids is 1. The van der Waals surface area contributed by atoms with Crippen LogP contribution < -0.4 is 0 Å². The zero-order valence-electron chi connectivity index (χ0n) is 19.0. The highest BCUT2D eigenvalue weighted by Crippen LogP contribution is 2.60. The molecule has 0 fully saturated rings. The average molecular weight is 400 g/mol. The van der Waals surface area contributed by atoms with Gasteiger partial charge >= 0.3 is 5.97 Å². The molecule has 0 amide bonds. The molecule has 0 heterocycles. The number of unbranched alkanes of at least 4 members (excludes halogenated alkanes) is 9. The van der Waals surface area contributed by atoms with Crippen LogP contribution in [0.5, 0.6) is 0 Å². The molecule has 0 aliphatic carbocycles. The minimum absolute atomic E-state index is 0.212. The normalized spacial score (nSPS) is 11.6. The molecule has 0 saturated carbocycles. The van der Waals surface area contributed by atoms with Crippen molar-refractivity contribution in [3.05, 3.63) is 12.2 Å². The molecule has 0 N–H and O–H groups in total. The number of esters is 1. The van der Waals surface area contributed by atoms with E-state index < -0.39 is 7.26 Å². The van der Waals surface area contributed by atoms with Crippen LogP contribution in [-0.4, -0.2) is 37.2 Å². The van der Waals surface area contributed by atoms with Gasteiger partial charge in [-0.15, -0.1) is 0 Å². The van der Waals surface area contributed by atoms with E-state index >= 15 is 0 Å². The van der Waals surface area contributed by atoms with Gasteiger partial charge in [0.25, 0.3) is 0 Å². The molecule has 160 valence electrons. The second kappa shape index (κ2) is 17.7. The second-order valence-corrected chi connectivity index (χ2v) is 12.8. The van der Waals surface area contributed by atoms with E-state index in [9.17, 15) is 4.79 Å². The molecule has 0 aliphatic rings. The highest BCUT2D eigenvalue weighted by molar-refractivity contribution is 7.75. The molecule has 0 aromatic heterocycles. The first kappa shape index (κ1) is 26.6. The van der Waals surface area contributed by atoms with Crippen LogP contribution in [0.25, 0.3) is 0 Å².